The van der Waals surface area contributed by atoms with Gasteiger partial charge in [-0.05, 0) is 31.2 Å². The summed E-state index contributed by atoms with van der Waals surface area (Å²) < 4.78 is 0. The highest BCUT2D eigenvalue weighted by atomic mass is 16.6. The van der Waals surface area contributed by atoms with E-state index in [0.29, 0.717) is 5.92 Å². The van der Waals surface area contributed by atoms with E-state index in [9.17, 15) is 20.2 Å². The van der Waals surface area contributed by atoms with Crippen molar-refractivity contribution in [1.29, 1.82) is 0 Å². The monoisotopic (exact) mass is 290 g/mol. The molecule has 0 aliphatic heterocycles. The highest BCUT2D eigenvalue weighted by Gasteiger charge is 2.19. The van der Waals surface area contributed by atoms with Crippen LogP contribution in [0, 0.1) is 26.1 Å². The molecule has 0 aromatic heterocycles. The van der Waals surface area contributed by atoms with Gasteiger partial charge in [-0.1, -0.05) is 12.2 Å². The normalized spacial score (nSPS) is 17.8. The van der Waals surface area contributed by atoms with E-state index in [1.165, 1.54) is 12.1 Å². The van der Waals surface area contributed by atoms with Crippen LogP contribution in [0.25, 0.3) is 0 Å². The van der Waals surface area contributed by atoms with Crippen molar-refractivity contribution in [3.8, 4) is 0 Å². The third-order valence-corrected chi connectivity index (χ3v) is 3.17. The zero-order valence-corrected chi connectivity index (χ0v) is 11.1. The summed E-state index contributed by atoms with van der Waals surface area (Å²) in [6, 6.07) is 3.41. The minimum atomic E-state index is -0.672. The molecule has 1 aromatic rings. The average Bonchev–Trinajstić information content (AvgIpc) is 2.48. The molecule has 1 aliphatic carbocycles. The SMILES string of the molecule is O=[N+]([O-])c1ccc(N/N=C/[C@@H]2CC=CCC2)c([N+](=O)[O-])c1. The number of nitro groups is 2. The standard InChI is InChI=1S/C13H14N4O4/c18-16(19)11-6-7-12(13(8-11)17(20)21)15-14-9-10-4-2-1-3-5-10/h1-2,6-10,15H,3-5H2/b14-9+/t10-/m1/s1. The van der Waals surface area contributed by atoms with E-state index in [2.05, 4.69) is 22.7 Å². The number of hydrazone groups is 1. The Kier molecular flexibility index (Phi) is 4.60. The average molecular weight is 290 g/mol. The number of rotatable bonds is 5. The first-order chi connectivity index (χ1) is 10.1. The first-order valence-electron chi connectivity index (χ1n) is 6.45. The molecule has 0 bridgehead atoms. The topological polar surface area (TPSA) is 111 Å². The smallest absolute Gasteiger partial charge is 0.272 e. The Morgan fingerprint density at radius 2 is 2.05 bits per heavy atom. The van der Waals surface area contributed by atoms with Gasteiger partial charge in [-0.25, -0.2) is 0 Å². The molecule has 0 saturated heterocycles. The van der Waals surface area contributed by atoms with Crippen LogP contribution in [0.2, 0.25) is 0 Å². The van der Waals surface area contributed by atoms with Crippen LogP contribution in [0.3, 0.4) is 0 Å². The first kappa shape index (κ1) is 14.6. The summed E-state index contributed by atoms with van der Waals surface area (Å²) in [5, 5.41) is 25.6. The van der Waals surface area contributed by atoms with E-state index in [1.807, 2.05) is 0 Å². The maximum absolute atomic E-state index is 10.9. The van der Waals surface area contributed by atoms with Crippen molar-refractivity contribution in [1.82, 2.24) is 0 Å². The van der Waals surface area contributed by atoms with Gasteiger partial charge >= 0.3 is 5.69 Å². The number of nitro benzene ring substituents is 2. The molecule has 2 rings (SSSR count). The number of nitrogens with one attached hydrogen (secondary N) is 1. The predicted molar refractivity (Wildman–Crippen MR) is 78.3 cm³/mol. The Hall–Kier alpha value is -2.77. The second-order valence-electron chi connectivity index (χ2n) is 4.65. The number of allylic oxidation sites excluding steroid dienone is 2. The fraction of sp³-hybridized carbons (Fsp3) is 0.308. The maximum atomic E-state index is 10.9. The molecule has 0 spiro atoms. The molecule has 0 heterocycles. The van der Waals surface area contributed by atoms with Gasteiger partial charge in [0, 0.05) is 12.3 Å². The molecule has 0 saturated carbocycles. The second-order valence-corrected chi connectivity index (χ2v) is 4.65. The highest BCUT2D eigenvalue weighted by Crippen LogP contribution is 2.29. The van der Waals surface area contributed by atoms with Gasteiger partial charge in [0.05, 0.1) is 15.9 Å². The molecule has 21 heavy (non-hydrogen) atoms. The van der Waals surface area contributed by atoms with Crippen LogP contribution < -0.4 is 5.43 Å². The lowest BCUT2D eigenvalue weighted by molar-refractivity contribution is -0.393. The Morgan fingerprint density at radius 1 is 1.24 bits per heavy atom. The van der Waals surface area contributed by atoms with Gasteiger partial charge in [0.1, 0.15) is 5.69 Å². The van der Waals surface area contributed by atoms with Gasteiger partial charge in [0.25, 0.3) is 5.69 Å². The number of anilines is 1. The molecule has 8 nitrogen and oxygen atoms in total. The second kappa shape index (κ2) is 6.60. The molecule has 1 N–H and O–H groups in total. The Labute approximate surface area is 120 Å². The van der Waals surface area contributed by atoms with Crippen molar-refractivity contribution in [2.24, 2.45) is 11.0 Å². The molecular weight excluding hydrogens is 276 g/mol. The van der Waals surface area contributed by atoms with Crippen LogP contribution in [0.15, 0.2) is 35.5 Å². The quantitative estimate of drug-likeness (QED) is 0.387. The third kappa shape index (κ3) is 3.85. The van der Waals surface area contributed by atoms with E-state index < -0.39 is 9.85 Å². The van der Waals surface area contributed by atoms with Crippen LogP contribution in [-0.4, -0.2) is 16.1 Å². The summed E-state index contributed by atoms with van der Waals surface area (Å²) in [7, 11) is 0. The lowest BCUT2D eigenvalue weighted by Gasteiger charge is -2.11. The minimum Gasteiger partial charge on any atom is -0.272 e. The number of nitrogens with zero attached hydrogens (tertiary/aromatic N) is 3. The Balaban J connectivity index is 2.11. The molecule has 1 aliphatic rings. The van der Waals surface area contributed by atoms with Crippen LogP contribution in [0.1, 0.15) is 19.3 Å². The fourth-order valence-electron chi connectivity index (χ4n) is 2.04. The van der Waals surface area contributed by atoms with Crippen LogP contribution in [0.5, 0.6) is 0 Å². The molecule has 0 amide bonds. The van der Waals surface area contributed by atoms with Gasteiger partial charge < -0.3 is 0 Å². The van der Waals surface area contributed by atoms with Crippen molar-refractivity contribution in [3.63, 3.8) is 0 Å². The summed E-state index contributed by atoms with van der Waals surface area (Å²) in [6.07, 6.45) is 8.79. The Bertz CT molecular complexity index is 612. The van der Waals surface area contributed by atoms with Gasteiger partial charge in [-0.15, -0.1) is 0 Å². The lowest BCUT2D eigenvalue weighted by atomic mass is 9.96. The summed E-state index contributed by atoms with van der Waals surface area (Å²) in [5.74, 6) is 0.305. The van der Waals surface area contributed by atoms with E-state index in [0.717, 1.165) is 25.3 Å². The maximum Gasteiger partial charge on any atom is 0.301 e. The molecule has 0 fully saturated rings. The molecule has 0 unspecified atom stereocenters. The van der Waals surface area contributed by atoms with E-state index in [1.54, 1.807) is 6.21 Å². The highest BCUT2D eigenvalue weighted by molar-refractivity contribution is 5.68. The molecular formula is C13H14N4O4. The summed E-state index contributed by atoms with van der Waals surface area (Å²) in [5.41, 5.74) is 2.03. The van der Waals surface area contributed by atoms with Crippen molar-refractivity contribution < 1.29 is 9.85 Å². The lowest BCUT2D eigenvalue weighted by Crippen LogP contribution is -2.05. The number of non-ortho nitro benzene ring substituents is 1. The van der Waals surface area contributed by atoms with Crippen molar-refractivity contribution in [2.45, 2.75) is 19.3 Å². The number of hydrogen-bond acceptors (Lipinski definition) is 6. The molecule has 1 atom stereocenters. The van der Waals surface area contributed by atoms with Crippen molar-refractivity contribution in [3.05, 3.63) is 50.6 Å². The molecule has 1 aromatic carbocycles. The van der Waals surface area contributed by atoms with Gasteiger partial charge in [0.15, 0.2) is 0 Å². The van der Waals surface area contributed by atoms with E-state index in [-0.39, 0.29) is 17.1 Å². The van der Waals surface area contributed by atoms with E-state index in [4.69, 9.17) is 0 Å². The molecule has 8 heteroatoms. The van der Waals surface area contributed by atoms with Crippen molar-refractivity contribution >= 4 is 23.3 Å². The minimum absolute atomic E-state index is 0.133. The van der Waals surface area contributed by atoms with Crippen molar-refractivity contribution in [2.75, 3.05) is 5.43 Å². The van der Waals surface area contributed by atoms with Gasteiger partial charge in [-0.3, -0.25) is 25.7 Å². The molecule has 0 radical (unpaired) electrons. The largest absolute Gasteiger partial charge is 0.301 e. The summed E-state index contributed by atoms with van der Waals surface area (Å²) in [4.78, 5) is 20.2. The summed E-state index contributed by atoms with van der Waals surface area (Å²) in [6.45, 7) is 0. The van der Waals surface area contributed by atoms with Gasteiger partial charge in [-0.2, -0.15) is 5.10 Å². The van der Waals surface area contributed by atoms with Crippen LogP contribution in [0.4, 0.5) is 17.1 Å². The fourth-order valence-corrected chi connectivity index (χ4v) is 2.04. The zero-order chi connectivity index (χ0) is 15.2. The number of hydrogen-bond donors (Lipinski definition) is 1. The summed E-state index contributed by atoms with van der Waals surface area (Å²) >= 11 is 0. The van der Waals surface area contributed by atoms with Crippen LogP contribution in [-0.2, 0) is 0 Å². The Morgan fingerprint density at radius 3 is 2.67 bits per heavy atom. The molecule has 110 valence electrons. The number of benzene rings is 1. The predicted octanol–water partition coefficient (Wildman–Crippen LogP) is 3.26. The van der Waals surface area contributed by atoms with Gasteiger partial charge in [0.2, 0.25) is 0 Å². The first-order valence-corrected chi connectivity index (χ1v) is 6.45. The third-order valence-electron chi connectivity index (χ3n) is 3.17. The zero-order valence-electron chi connectivity index (χ0n) is 11.1. The van der Waals surface area contributed by atoms with Crippen LogP contribution >= 0.6 is 0 Å². The van der Waals surface area contributed by atoms with E-state index >= 15 is 0 Å².